The normalized spacial score (nSPS) is 11.1. The van der Waals surface area contributed by atoms with Crippen molar-refractivity contribution < 1.29 is 51.7 Å². The predicted molar refractivity (Wildman–Crippen MR) is 196 cm³/mol. The number of rotatable bonds is 18. The molecule has 13 heteroatoms. The van der Waals surface area contributed by atoms with Gasteiger partial charge in [-0.25, -0.2) is 4.79 Å². The van der Waals surface area contributed by atoms with Crippen LogP contribution in [0.4, 0.5) is 18.9 Å². The Balaban J connectivity index is 1.35. The number of carboxylic acids is 1. The van der Waals surface area contributed by atoms with Crippen LogP contribution in [0.1, 0.15) is 82.0 Å². The third-order valence-electron chi connectivity index (χ3n) is 8.45. The predicted octanol–water partition coefficient (Wildman–Crippen LogP) is 8.50. The summed E-state index contributed by atoms with van der Waals surface area (Å²) in [6.07, 6.45) is 0.379. The quantitative estimate of drug-likeness (QED) is 0.0589. The van der Waals surface area contributed by atoms with Crippen molar-refractivity contribution >= 4 is 29.4 Å². The molecule has 2 amide bonds. The first-order chi connectivity index (χ1) is 25.8. The molecule has 0 atom stereocenters. The van der Waals surface area contributed by atoms with E-state index in [4.69, 9.17) is 14.2 Å². The molecular weight excluding hydrogens is 705 g/mol. The molecule has 54 heavy (non-hydrogen) atoms. The summed E-state index contributed by atoms with van der Waals surface area (Å²) in [5, 5.41) is 12.1. The van der Waals surface area contributed by atoms with Crippen LogP contribution in [0.25, 0.3) is 0 Å². The number of esters is 1. The van der Waals surface area contributed by atoms with Gasteiger partial charge in [-0.3, -0.25) is 14.4 Å². The number of nitrogens with one attached hydrogen (secondary N) is 1. The monoisotopic (exact) mass is 748 g/mol. The van der Waals surface area contributed by atoms with Gasteiger partial charge in [0.1, 0.15) is 23.8 Å². The number of unbranched alkanes of at least 4 members (excludes halogenated alkanes) is 4. The number of carbonyl (C=O) groups is 4. The summed E-state index contributed by atoms with van der Waals surface area (Å²) in [6, 6.07) is 20.6. The number of alkyl halides is 3. The summed E-state index contributed by atoms with van der Waals surface area (Å²) in [6.45, 7) is 3.67. The van der Waals surface area contributed by atoms with E-state index in [0.717, 1.165) is 23.8 Å². The first-order valence-electron chi connectivity index (χ1n) is 17.5. The van der Waals surface area contributed by atoms with Crippen LogP contribution < -0.4 is 19.5 Å². The Bertz CT molecular complexity index is 1910. The second kappa shape index (κ2) is 19.3. The maximum atomic E-state index is 13.6. The Labute approximate surface area is 311 Å². The molecular formula is C41H43F3N2O8. The number of anilines is 1. The van der Waals surface area contributed by atoms with Crippen molar-refractivity contribution in [2.75, 3.05) is 25.6 Å². The lowest BCUT2D eigenvalue weighted by Gasteiger charge is -2.22. The summed E-state index contributed by atoms with van der Waals surface area (Å²) in [7, 11) is 1.24. The molecule has 10 nitrogen and oxygen atoms in total. The maximum absolute atomic E-state index is 13.6. The van der Waals surface area contributed by atoms with Crippen molar-refractivity contribution in [2.45, 2.75) is 65.1 Å². The van der Waals surface area contributed by atoms with Crippen LogP contribution in [0.3, 0.4) is 0 Å². The fourth-order valence-electron chi connectivity index (χ4n) is 5.58. The van der Waals surface area contributed by atoms with Gasteiger partial charge in [0.25, 0.3) is 5.91 Å². The number of carbonyl (C=O) groups excluding carboxylic acids is 3. The van der Waals surface area contributed by atoms with Crippen molar-refractivity contribution in [3.05, 3.63) is 118 Å². The minimum Gasteiger partial charge on any atom is -0.497 e. The minimum atomic E-state index is -4.70. The largest absolute Gasteiger partial charge is 0.497 e. The summed E-state index contributed by atoms with van der Waals surface area (Å²) >= 11 is 0. The van der Waals surface area contributed by atoms with Gasteiger partial charge in [-0.05, 0) is 96.8 Å². The number of aliphatic carboxylic acids is 1. The molecule has 4 rings (SSSR count). The van der Waals surface area contributed by atoms with Gasteiger partial charge in [0.2, 0.25) is 5.91 Å². The highest BCUT2D eigenvalue weighted by molar-refractivity contribution is 5.98. The van der Waals surface area contributed by atoms with Gasteiger partial charge in [-0.1, -0.05) is 50.8 Å². The number of hydrogen-bond acceptors (Lipinski definition) is 7. The SMILES string of the molecule is CCCCCCCOc1ccc(C(=O)Oc2ccc(CN(CC(=O)O)C(=O)c3ccc(NC(=O)Cc4ccc(OC)cc4C(F)(F)F)c(C)c3)cc2)cc1. The highest BCUT2D eigenvalue weighted by Gasteiger charge is 2.34. The van der Waals surface area contributed by atoms with Gasteiger partial charge in [-0.2, -0.15) is 13.2 Å². The molecule has 0 bridgehead atoms. The van der Waals surface area contributed by atoms with Crippen molar-refractivity contribution in [3.63, 3.8) is 0 Å². The topological polar surface area (TPSA) is 131 Å². The number of amides is 2. The van der Waals surface area contributed by atoms with Gasteiger partial charge >= 0.3 is 18.1 Å². The van der Waals surface area contributed by atoms with E-state index in [1.54, 1.807) is 43.3 Å². The van der Waals surface area contributed by atoms with E-state index >= 15 is 0 Å². The molecule has 0 radical (unpaired) electrons. The zero-order chi connectivity index (χ0) is 39.3. The molecule has 0 aliphatic rings. The van der Waals surface area contributed by atoms with E-state index in [0.29, 0.717) is 29.0 Å². The van der Waals surface area contributed by atoms with E-state index in [1.165, 1.54) is 68.8 Å². The number of methoxy groups -OCH3 is 1. The highest BCUT2D eigenvalue weighted by atomic mass is 19.4. The van der Waals surface area contributed by atoms with Crippen LogP contribution in [0.5, 0.6) is 17.2 Å². The van der Waals surface area contributed by atoms with E-state index in [-0.39, 0.29) is 34.9 Å². The number of nitrogens with zero attached hydrogens (tertiary/aromatic N) is 1. The van der Waals surface area contributed by atoms with Crippen molar-refractivity contribution in [3.8, 4) is 17.2 Å². The van der Waals surface area contributed by atoms with Crippen LogP contribution in [0, 0.1) is 6.92 Å². The summed E-state index contributed by atoms with van der Waals surface area (Å²) in [5.41, 5.74) is 0.515. The molecule has 286 valence electrons. The van der Waals surface area contributed by atoms with Crippen LogP contribution in [-0.2, 0) is 28.7 Å². The molecule has 0 spiro atoms. The number of benzene rings is 4. The standard InChI is InChI=1S/C41H43F3N2O8/c1-4-5-6-7-8-21-53-32-17-11-29(12-18-32)40(51)54-33-15-9-28(10-16-33)25-46(26-38(48)49)39(50)31-14-20-36(27(2)22-31)45-37(47)23-30-13-19-34(52-3)24-35(30)41(42,43)44/h9-20,22,24H,4-8,21,23,25-26H2,1-3H3,(H,45,47)(H,48,49). The van der Waals surface area contributed by atoms with Crippen molar-refractivity contribution in [2.24, 2.45) is 0 Å². The fraction of sp³-hybridized carbons (Fsp3) is 0.317. The van der Waals surface area contributed by atoms with Gasteiger partial charge in [0.05, 0.1) is 31.3 Å². The first-order valence-corrected chi connectivity index (χ1v) is 17.5. The molecule has 0 heterocycles. The molecule has 0 fully saturated rings. The van der Waals surface area contributed by atoms with Gasteiger partial charge in [0, 0.05) is 17.8 Å². The zero-order valence-corrected chi connectivity index (χ0v) is 30.3. The Kier molecular flexibility index (Phi) is 14.6. The molecule has 4 aromatic rings. The van der Waals surface area contributed by atoms with Gasteiger partial charge in [-0.15, -0.1) is 0 Å². The van der Waals surface area contributed by atoms with Crippen LogP contribution in [0.15, 0.2) is 84.9 Å². The average Bonchev–Trinajstić information content (AvgIpc) is 3.13. The Morgan fingerprint density at radius 1 is 0.796 bits per heavy atom. The lowest BCUT2D eigenvalue weighted by Crippen LogP contribution is -2.35. The Morgan fingerprint density at radius 2 is 1.44 bits per heavy atom. The molecule has 4 aromatic carbocycles. The smallest absolute Gasteiger partial charge is 0.416 e. The summed E-state index contributed by atoms with van der Waals surface area (Å²) in [4.78, 5) is 51.8. The molecule has 0 aliphatic heterocycles. The van der Waals surface area contributed by atoms with E-state index in [1.807, 2.05) is 0 Å². The lowest BCUT2D eigenvalue weighted by molar-refractivity contribution is -0.139. The Morgan fingerprint density at radius 3 is 2.07 bits per heavy atom. The first kappa shape index (κ1) is 40.9. The molecule has 0 aliphatic carbocycles. The number of hydrogen-bond donors (Lipinski definition) is 2. The second-order valence-corrected chi connectivity index (χ2v) is 12.7. The summed E-state index contributed by atoms with van der Waals surface area (Å²) < 4.78 is 57.0. The molecule has 0 saturated carbocycles. The molecule has 0 aromatic heterocycles. The Hall–Kier alpha value is -5.85. The highest BCUT2D eigenvalue weighted by Crippen LogP contribution is 2.35. The van der Waals surface area contributed by atoms with Crippen molar-refractivity contribution in [1.82, 2.24) is 4.90 Å². The van der Waals surface area contributed by atoms with Gasteiger partial charge < -0.3 is 29.5 Å². The average molecular weight is 749 g/mol. The molecule has 2 N–H and O–H groups in total. The van der Waals surface area contributed by atoms with E-state index in [2.05, 4.69) is 12.2 Å². The number of aryl methyl sites for hydroxylation is 1. The number of carboxylic acid groups (broad SMARTS) is 1. The zero-order valence-electron chi connectivity index (χ0n) is 30.3. The lowest BCUT2D eigenvalue weighted by atomic mass is 10.0. The second-order valence-electron chi connectivity index (χ2n) is 12.7. The molecule has 0 unspecified atom stereocenters. The van der Waals surface area contributed by atoms with Crippen LogP contribution in [-0.4, -0.2) is 54.0 Å². The van der Waals surface area contributed by atoms with Crippen LogP contribution in [0.2, 0.25) is 0 Å². The van der Waals surface area contributed by atoms with Gasteiger partial charge in [0.15, 0.2) is 0 Å². The molecule has 0 saturated heterocycles. The van der Waals surface area contributed by atoms with E-state index < -0.39 is 48.5 Å². The maximum Gasteiger partial charge on any atom is 0.416 e. The third-order valence-corrected chi connectivity index (χ3v) is 8.45. The third kappa shape index (κ3) is 12.1. The van der Waals surface area contributed by atoms with Crippen LogP contribution >= 0.6 is 0 Å². The number of halogens is 3. The number of ether oxygens (including phenoxy) is 3. The van der Waals surface area contributed by atoms with E-state index in [9.17, 15) is 37.5 Å². The fourth-order valence-corrected chi connectivity index (χ4v) is 5.58. The minimum absolute atomic E-state index is 0.00401. The summed E-state index contributed by atoms with van der Waals surface area (Å²) in [5.74, 6) is -2.21. The van der Waals surface area contributed by atoms with Crippen molar-refractivity contribution in [1.29, 1.82) is 0 Å².